The van der Waals surface area contributed by atoms with E-state index < -0.39 is 11.9 Å². The Kier molecular flexibility index (Phi) is 3.04. The molecule has 1 N–H and O–H groups in total. The van der Waals surface area contributed by atoms with E-state index >= 15 is 0 Å². The van der Waals surface area contributed by atoms with Crippen molar-refractivity contribution in [3.63, 3.8) is 0 Å². The molecule has 6 heteroatoms. The Morgan fingerprint density at radius 1 is 1.47 bits per heavy atom. The second kappa shape index (κ2) is 4.65. The first-order chi connectivity index (χ1) is 8.22. The van der Waals surface area contributed by atoms with E-state index in [9.17, 15) is 4.79 Å². The maximum Gasteiger partial charge on any atom is 0.394 e. The van der Waals surface area contributed by atoms with Crippen LogP contribution in [0.25, 0.3) is 11.4 Å². The number of para-hydroxylation sites is 1. The molecule has 0 saturated carbocycles. The fourth-order valence-electron chi connectivity index (χ4n) is 1.35. The molecule has 0 fully saturated rings. The molecule has 17 heavy (non-hydrogen) atoms. The van der Waals surface area contributed by atoms with Gasteiger partial charge in [-0.25, -0.2) is 4.79 Å². The summed E-state index contributed by atoms with van der Waals surface area (Å²) in [7, 11) is 0. The molecule has 0 atom stereocenters. The third-order valence-electron chi connectivity index (χ3n) is 2.04. The van der Waals surface area contributed by atoms with Crippen LogP contribution < -0.4 is 4.74 Å². The number of benzene rings is 1. The van der Waals surface area contributed by atoms with Gasteiger partial charge in [-0.1, -0.05) is 17.3 Å². The first-order valence-corrected chi connectivity index (χ1v) is 5.01. The van der Waals surface area contributed by atoms with Gasteiger partial charge in [0.25, 0.3) is 0 Å². The lowest BCUT2D eigenvalue weighted by atomic mass is 10.2. The fraction of sp³-hybridized carbons (Fsp3) is 0.182. The Morgan fingerprint density at radius 3 is 2.88 bits per heavy atom. The van der Waals surface area contributed by atoms with E-state index in [1.54, 1.807) is 18.2 Å². The average Bonchev–Trinajstić information content (AvgIpc) is 2.79. The minimum Gasteiger partial charge on any atom is -0.493 e. The fourth-order valence-corrected chi connectivity index (χ4v) is 1.35. The van der Waals surface area contributed by atoms with Crippen LogP contribution in [0.15, 0.2) is 28.8 Å². The number of carboxylic acid groups (broad SMARTS) is 1. The number of ether oxygens (including phenoxy) is 1. The molecule has 2 rings (SSSR count). The molecular weight excluding hydrogens is 224 g/mol. The predicted octanol–water partition coefficient (Wildman–Crippen LogP) is 1.83. The lowest BCUT2D eigenvalue weighted by molar-refractivity contribution is 0.0643. The maximum absolute atomic E-state index is 10.6. The highest BCUT2D eigenvalue weighted by atomic mass is 16.5. The molecule has 0 bridgehead atoms. The highest BCUT2D eigenvalue weighted by molar-refractivity contribution is 5.82. The number of nitrogens with zero attached hydrogens (tertiary/aromatic N) is 2. The van der Waals surface area contributed by atoms with Crippen molar-refractivity contribution < 1.29 is 19.2 Å². The van der Waals surface area contributed by atoms with Gasteiger partial charge in [0.05, 0.1) is 12.2 Å². The molecule has 0 aliphatic heterocycles. The standard InChI is InChI=1S/C11H10N2O4/c1-2-16-8-6-4-3-5-7(8)9-12-10(11(14)15)17-13-9/h3-6H,2H2,1H3,(H,14,15). The second-order valence-electron chi connectivity index (χ2n) is 3.16. The summed E-state index contributed by atoms with van der Waals surface area (Å²) in [5.74, 6) is -0.900. The second-order valence-corrected chi connectivity index (χ2v) is 3.16. The quantitative estimate of drug-likeness (QED) is 0.868. The lowest BCUT2D eigenvalue weighted by Crippen LogP contribution is -1.97. The minimum absolute atomic E-state index is 0.200. The first-order valence-electron chi connectivity index (χ1n) is 5.01. The van der Waals surface area contributed by atoms with Gasteiger partial charge in [-0.15, -0.1) is 0 Å². The lowest BCUT2D eigenvalue weighted by Gasteiger charge is -2.05. The molecule has 2 aromatic rings. The smallest absolute Gasteiger partial charge is 0.394 e. The van der Waals surface area contributed by atoms with Crippen molar-refractivity contribution in [2.75, 3.05) is 6.61 Å². The zero-order valence-corrected chi connectivity index (χ0v) is 9.08. The van der Waals surface area contributed by atoms with E-state index in [1.807, 2.05) is 13.0 Å². The maximum atomic E-state index is 10.6. The molecule has 88 valence electrons. The highest BCUT2D eigenvalue weighted by Gasteiger charge is 2.16. The molecular formula is C11H10N2O4. The van der Waals surface area contributed by atoms with Crippen molar-refractivity contribution in [2.45, 2.75) is 6.92 Å². The van der Waals surface area contributed by atoms with Crippen molar-refractivity contribution in [3.8, 4) is 17.1 Å². The number of carboxylic acids is 1. The summed E-state index contributed by atoms with van der Waals surface area (Å²) in [6.07, 6.45) is 0. The van der Waals surface area contributed by atoms with Gasteiger partial charge < -0.3 is 14.4 Å². The number of aromatic nitrogens is 2. The first kappa shape index (κ1) is 11.1. The van der Waals surface area contributed by atoms with Crippen molar-refractivity contribution >= 4 is 5.97 Å². The highest BCUT2D eigenvalue weighted by Crippen LogP contribution is 2.27. The molecule has 0 unspecified atom stereocenters. The SMILES string of the molecule is CCOc1ccccc1-c1noc(C(=O)O)n1. The summed E-state index contributed by atoms with van der Waals surface area (Å²) in [5, 5.41) is 12.3. The van der Waals surface area contributed by atoms with Crippen molar-refractivity contribution in [1.82, 2.24) is 10.1 Å². The van der Waals surface area contributed by atoms with Crippen molar-refractivity contribution in [3.05, 3.63) is 30.2 Å². The van der Waals surface area contributed by atoms with Gasteiger partial charge in [0.2, 0.25) is 5.82 Å². The van der Waals surface area contributed by atoms with E-state index in [0.29, 0.717) is 17.9 Å². The number of carbonyl (C=O) groups is 1. The minimum atomic E-state index is -1.25. The van der Waals surface area contributed by atoms with Gasteiger partial charge >= 0.3 is 11.9 Å². The Bertz CT molecular complexity index is 536. The largest absolute Gasteiger partial charge is 0.493 e. The summed E-state index contributed by atoms with van der Waals surface area (Å²) in [4.78, 5) is 14.4. The third-order valence-corrected chi connectivity index (χ3v) is 2.04. The summed E-state index contributed by atoms with van der Waals surface area (Å²) in [6.45, 7) is 2.36. The molecule has 1 aromatic heterocycles. The topological polar surface area (TPSA) is 85.5 Å². The van der Waals surface area contributed by atoms with Gasteiger partial charge in [-0.05, 0) is 19.1 Å². The van der Waals surface area contributed by atoms with E-state index in [-0.39, 0.29) is 5.82 Å². The van der Waals surface area contributed by atoms with Crippen LogP contribution in [0.3, 0.4) is 0 Å². The van der Waals surface area contributed by atoms with Gasteiger partial charge in [-0.2, -0.15) is 4.98 Å². The monoisotopic (exact) mass is 234 g/mol. The zero-order valence-electron chi connectivity index (χ0n) is 9.08. The molecule has 0 amide bonds. The summed E-state index contributed by atoms with van der Waals surface area (Å²) in [6, 6.07) is 7.10. The van der Waals surface area contributed by atoms with E-state index in [1.165, 1.54) is 0 Å². The predicted molar refractivity (Wildman–Crippen MR) is 57.9 cm³/mol. The molecule has 0 saturated heterocycles. The van der Waals surface area contributed by atoms with Gasteiger partial charge in [0, 0.05) is 0 Å². The normalized spacial score (nSPS) is 10.2. The number of hydrogen-bond donors (Lipinski definition) is 1. The number of rotatable bonds is 4. The van der Waals surface area contributed by atoms with Gasteiger partial charge in [0.15, 0.2) is 0 Å². The van der Waals surface area contributed by atoms with Crippen LogP contribution in [0.2, 0.25) is 0 Å². The molecule has 1 aromatic carbocycles. The van der Waals surface area contributed by atoms with E-state index in [2.05, 4.69) is 14.7 Å². The van der Waals surface area contributed by atoms with Gasteiger partial charge in [-0.3, -0.25) is 0 Å². The van der Waals surface area contributed by atoms with E-state index in [0.717, 1.165) is 0 Å². The Hall–Kier alpha value is -2.37. The Balaban J connectivity index is 2.41. The van der Waals surface area contributed by atoms with Crippen LogP contribution >= 0.6 is 0 Å². The molecule has 0 aliphatic carbocycles. The van der Waals surface area contributed by atoms with Crippen LogP contribution in [0, 0.1) is 0 Å². The van der Waals surface area contributed by atoms with Crippen LogP contribution in [0.1, 0.15) is 17.6 Å². The number of hydrogen-bond acceptors (Lipinski definition) is 5. The van der Waals surface area contributed by atoms with Crippen LogP contribution in [-0.4, -0.2) is 27.8 Å². The Labute approximate surface area is 96.8 Å². The van der Waals surface area contributed by atoms with Crippen LogP contribution in [0.5, 0.6) is 5.75 Å². The molecule has 0 spiro atoms. The molecule has 0 aliphatic rings. The molecule has 6 nitrogen and oxygen atoms in total. The van der Waals surface area contributed by atoms with Crippen LogP contribution in [0.4, 0.5) is 0 Å². The summed E-state index contributed by atoms with van der Waals surface area (Å²) in [5.41, 5.74) is 0.602. The third kappa shape index (κ3) is 2.25. The molecule has 1 heterocycles. The summed E-state index contributed by atoms with van der Waals surface area (Å²) >= 11 is 0. The Morgan fingerprint density at radius 2 is 2.24 bits per heavy atom. The summed E-state index contributed by atoms with van der Waals surface area (Å²) < 4.78 is 9.99. The van der Waals surface area contributed by atoms with Crippen molar-refractivity contribution in [2.24, 2.45) is 0 Å². The van der Waals surface area contributed by atoms with E-state index in [4.69, 9.17) is 9.84 Å². The van der Waals surface area contributed by atoms with Crippen LogP contribution in [-0.2, 0) is 0 Å². The number of aromatic carboxylic acids is 1. The van der Waals surface area contributed by atoms with Crippen molar-refractivity contribution in [1.29, 1.82) is 0 Å². The average molecular weight is 234 g/mol. The van der Waals surface area contributed by atoms with Gasteiger partial charge in [0.1, 0.15) is 5.75 Å². The zero-order chi connectivity index (χ0) is 12.3. The molecule has 0 radical (unpaired) electrons.